The molecule has 6 nitrogen and oxygen atoms in total. The molecule has 0 aliphatic rings. The van der Waals surface area contributed by atoms with Crippen molar-refractivity contribution in [3.63, 3.8) is 0 Å². The molecule has 0 spiro atoms. The number of carbonyl (C=O) groups excluding carboxylic acids is 2. The Morgan fingerprint density at radius 3 is 2.53 bits per heavy atom. The summed E-state index contributed by atoms with van der Waals surface area (Å²) in [4.78, 5) is 27.3. The second-order valence-corrected chi connectivity index (χ2v) is 5.07. The molecule has 104 valence electrons. The highest BCUT2D eigenvalue weighted by molar-refractivity contribution is 5.95. The first-order chi connectivity index (χ1) is 8.78. The lowest BCUT2D eigenvalue weighted by Crippen LogP contribution is -2.44. The van der Waals surface area contributed by atoms with Crippen molar-refractivity contribution in [3.05, 3.63) is 24.4 Å². The fraction of sp³-hybridized carbons (Fsp3) is 0.462. The number of ether oxygens (including phenoxy) is 1. The monoisotopic (exact) mass is 265 g/mol. The summed E-state index contributed by atoms with van der Waals surface area (Å²) in [6.07, 6.45) is 0.942. The lowest BCUT2D eigenvalue weighted by Gasteiger charge is -2.21. The fourth-order valence-electron chi connectivity index (χ4n) is 1.22. The van der Waals surface area contributed by atoms with E-state index < -0.39 is 17.7 Å². The maximum absolute atomic E-state index is 11.8. The van der Waals surface area contributed by atoms with Gasteiger partial charge in [0.15, 0.2) is 0 Å². The molecule has 6 heteroatoms. The predicted molar refractivity (Wildman–Crippen MR) is 71.7 cm³/mol. The van der Waals surface area contributed by atoms with E-state index in [1.807, 2.05) is 0 Å². The number of rotatable bonds is 3. The number of nitrogens with zero attached hydrogens (tertiary/aromatic N) is 1. The summed E-state index contributed by atoms with van der Waals surface area (Å²) in [5.41, 5.74) is -0.596. The van der Waals surface area contributed by atoms with Crippen molar-refractivity contribution in [3.8, 4) is 0 Å². The van der Waals surface area contributed by atoms with Gasteiger partial charge in [0.05, 0.1) is 0 Å². The van der Waals surface area contributed by atoms with Crippen LogP contribution in [0.5, 0.6) is 0 Å². The normalized spacial score (nSPS) is 12.4. The van der Waals surface area contributed by atoms with Crippen molar-refractivity contribution in [1.82, 2.24) is 10.3 Å². The molecule has 0 saturated carbocycles. The molecule has 0 unspecified atom stereocenters. The van der Waals surface area contributed by atoms with Crippen LogP contribution in [0, 0.1) is 0 Å². The Hall–Kier alpha value is -2.11. The van der Waals surface area contributed by atoms with Crippen LogP contribution in [0.4, 0.5) is 10.6 Å². The zero-order valence-corrected chi connectivity index (χ0v) is 11.6. The van der Waals surface area contributed by atoms with E-state index in [4.69, 9.17) is 4.74 Å². The topological polar surface area (TPSA) is 80.3 Å². The quantitative estimate of drug-likeness (QED) is 0.875. The third-order valence-electron chi connectivity index (χ3n) is 2.04. The third kappa shape index (κ3) is 5.85. The van der Waals surface area contributed by atoms with Gasteiger partial charge in [0.1, 0.15) is 17.5 Å². The van der Waals surface area contributed by atoms with Crippen molar-refractivity contribution in [2.45, 2.75) is 39.3 Å². The van der Waals surface area contributed by atoms with Crippen molar-refractivity contribution in [2.24, 2.45) is 0 Å². The molecule has 0 fully saturated rings. The molecule has 1 atom stereocenters. The Labute approximate surface area is 112 Å². The minimum atomic E-state index is -0.711. The highest BCUT2D eigenvalue weighted by Crippen LogP contribution is 2.07. The second kappa shape index (κ2) is 6.17. The van der Waals surface area contributed by atoms with Crippen LogP contribution < -0.4 is 10.6 Å². The molecule has 0 aliphatic heterocycles. The Kier molecular flexibility index (Phi) is 4.86. The largest absolute Gasteiger partial charge is 0.444 e. The van der Waals surface area contributed by atoms with E-state index >= 15 is 0 Å². The highest BCUT2D eigenvalue weighted by atomic mass is 16.6. The van der Waals surface area contributed by atoms with E-state index in [0.717, 1.165) is 0 Å². The fourth-order valence-corrected chi connectivity index (χ4v) is 1.22. The minimum Gasteiger partial charge on any atom is -0.444 e. The molecule has 1 rings (SSSR count). The van der Waals surface area contributed by atoms with Crippen molar-refractivity contribution in [2.75, 3.05) is 5.32 Å². The molecule has 1 aromatic rings. The van der Waals surface area contributed by atoms with E-state index in [9.17, 15) is 9.59 Å². The van der Waals surface area contributed by atoms with Crippen LogP contribution >= 0.6 is 0 Å². The van der Waals surface area contributed by atoms with Gasteiger partial charge in [0, 0.05) is 6.20 Å². The molecule has 1 heterocycles. The van der Waals surface area contributed by atoms with E-state index in [2.05, 4.69) is 15.6 Å². The summed E-state index contributed by atoms with van der Waals surface area (Å²) in [6, 6.07) is 4.46. The van der Waals surface area contributed by atoms with E-state index in [1.54, 1.807) is 52.1 Å². The zero-order valence-electron chi connectivity index (χ0n) is 11.6. The van der Waals surface area contributed by atoms with Crippen LogP contribution in [-0.4, -0.2) is 28.6 Å². The van der Waals surface area contributed by atoms with Gasteiger partial charge in [-0.2, -0.15) is 0 Å². The van der Waals surface area contributed by atoms with Gasteiger partial charge in [-0.15, -0.1) is 0 Å². The number of pyridine rings is 1. The Morgan fingerprint density at radius 1 is 1.32 bits per heavy atom. The van der Waals surface area contributed by atoms with Crippen molar-refractivity contribution < 1.29 is 14.3 Å². The van der Waals surface area contributed by atoms with E-state index in [0.29, 0.717) is 5.82 Å². The summed E-state index contributed by atoms with van der Waals surface area (Å²) in [5, 5.41) is 5.05. The van der Waals surface area contributed by atoms with Gasteiger partial charge in [0.25, 0.3) is 0 Å². The molecular formula is C13H19N3O3. The second-order valence-electron chi connectivity index (χ2n) is 5.07. The average Bonchev–Trinajstić information content (AvgIpc) is 2.27. The highest BCUT2D eigenvalue weighted by Gasteiger charge is 2.21. The molecule has 0 aliphatic carbocycles. The van der Waals surface area contributed by atoms with Crippen LogP contribution in [0.25, 0.3) is 0 Å². The number of hydrogen-bond donors (Lipinski definition) is 2. The molecular weight excluding hydrogens is 246 g/mol. The number of nitrogens with one attached hydrogen (secondary N) is 2. The number of amides is 2. The van der Waals surface area contributed by atoms with Crippen LogP contribution in [0.15, 0.2) is 24.4 Å². The van der Waals surface area contributed by atoms with Gasteiger partial charge >= 0.3 is 6.09 Å². The SMILES string of the molecule is C[C@@H](NC(=O)OC(C)(C)C)C(=O)Nc1ccccn1. The molecule has 2 amide bonds. The molecule has 0 bridgehead atoms. The van der Waals surface area contributed by atoms with Gasteiger partial charge in [-0.05, 0) is 39.8 Å². The van der Waals surface area contributed by atoms with Crippen LogP contribution in [0.1, 0.15) is 27.7 Å². The maximum atomic E-state index is 11.8. The van der Waals surface area contributed by atoms with Crippen LogP contribution in [-0.2, 0) is 9.53 Å². The number of anilines is 1. The lowest BCUT2D eigenvalue weighted by molar-refractivity contribution is -0.117. The smallest absolute Gasteiger partial charge is 0.408 e. The first kappa shape index (κ1) is 14.9. The summed E-state index contributed by atoms with van der Waals surface area (Å²) in [7, 11) is 0. The van der Waals surface area contributed by atoms with Crippen molar-refractivity contribution >= 4 is 17.8 Å². The zero-order chi connectivity index (χ0) is 14.5. The molecule has 0 aromatic carbocycles. The lowest BCUT2D eigenvalue weighted by atomic mass is 10.2. The van der Waals surface area contributed by atoms with Gasteiger partial charge < -0.3 is 15.4 Å². The summed E-state index contributed by atoms with van der Waals surface area (Å²) in [5.74, 6) is 0.0786. The number of carbonyl (C=O) groups is 2. The molecule has 1 aromatic heterocycles. The van der Waals surface area contributed by atoms with Crippen LogP contribution in [0.3, 0.4) is 0 Å². The minimum absolute atomic E-state index is 0.357. The first-order valence-electron chi connectivity index (χ1n) is 5.99. The summed E-state index contributed by atoms with van der Waals surface area (Å²) in [6.45, 7) is 6.84. The van der Waals surface area contributed by atoms with E-state index in [-0.39, 0.29) is 5.91 Å². The number of aromatic nitrogens is 1. The maximum Gasteiger partial charge on any atom is 0.408 e. The Balaban J connectivity index is 2.47. The molecule has 19 heavy (non-hydrogen) atoms. The van der Waals surface area contributed by atoms with E-state index in [1.165, 1.54) is 0 Å². The Morgan fingerprint density at radius 2 is 2.00 bits per heavy atom. The molecule has 0 saturated heterocycles. The van der Waals surface area contributed by atoms with Crippen molar-refractivity contribution in [1.29, 1.82) is 0 Å². The molecule has 2 N–H and O–H groups in total. The summed E-state index contributed by atoms with van der Waals surface area (Å²) < 4.78 is 5.06. The van der Waals surface area contributed by atoms with Gasteiger partial charge in [0.2, 0.25) is 5.91 Å². The van der Waals surface area contributed by atoms with Crippen LogP contribution in [0.2, 0.25) is 0 Å². The third-order valence-corrected chi connectivity index (χ3v) is 2.04. The van der Waals surface area contributed by atoms with Gasteiger partial charge in [-0.25, -0.2) is 9.78 Å². The Bertz CT molecular complexity index is 440. The van der Waals surface area contributed by atoms with Gasteiger partial charge in [-0.3, -0.25) is 4.79 Å². The first-order valence-corrected chi connectivity index (χ1v) is 5.99. The molecule has 0 radical (unpaired) electrons. The number of alkyl carbamates (subject to hydrolysis) is 1. The number of hydrogen-bond acceptors (Lipinski definition) is 4. The predicted octanol–water partition coefficient (Wildman–Crippen LogP) is 1.93. The standard InChI is InChI=1S/C13H19N3O3/c1-9(15-12(18)19-13(2,3)4)11(17)16-10-7-5-6-8-14-10/h5-9H,1-4H3,(H,15,18)(H,14,16,17)/t9-/m1/s1. The summed E-state index contributed by atoms with van der Waals surface area (Å²) >= 11 is 0. The van der Waals surface area contributed by atoms with Gasteiger partial charge in [-0.1, -0.05) is 6.07 Å². The average molecular weight is 265 g/mol.